The zero-order valence-corrected chi connectivity index (χ0v) is 16.3. The fourth-order valence-electron chi connectivity index (χ4n) is 3.27. The SMILES string of the molecule is Cc1cc(C)n2nc(SCC(=O)Nc3ccc(N4CCCC4)cc3)nc2n1. The highest BCUT2D eigenvalue weighted by Gasteiger charge is 2.13. The van der Waals surface area contributed by atoms with Gasteiger partial charge in [-0.2, -0.15) is 4.98 Å². The molecule has 1 N–H and O–H groups in total. The van der Waals surface area contributed by atoms with Crippen molar-refractivity contribution in [3.8, 4) is 0 Å². The Hall–Kier alpha value is -2.61. The van der Waals surface area contributed by atoms with Crippen LogP contribution in [0.1, 0.15) is 24.2 Å². The van der Waals surface area contributed by atoms with Crippen LogP contribution in [0.3, 0.4) is 0 Å². The summed E-state index contributed by atoms with van der Waals surface area (Å²) in [6, 6.07) is 9.99. The molecule has 0 aliphatic carbocycles. The molecule has 0 radical (unpaired) electrons. The molecule has 0 unspecified atom stereocenters. The first-order chi connectivity index (χ1) is 13.1. The molecule has 0 bridgehead atoms. The molecule has 0 atom stereocenters. The van der Waals surface area contributed by atoms with Crippen molar-refractivity contribution in [1.82, 2.24) is 19.6 Å². The zero-order chi connectivity index (χ0) is 18.8. The molecule has 27 heavy (non-hydrogen) atoms. The molecule has 1 saturated heterocycles. The fraction of sp³-hybridized carbons (Fsp3) is 0.368. The number of anilines is 2. The number of nitrogens with one attached hydrogen (secondary N) is 1. The van der Waals surface area contributed by atoms with Crippen LogP contribution in [-0.2, 0) is 4.79 Å². The smallest absolute Gasteiger partial charge is 0.253 e. The van der Waals surface area contributed by atoms with Crippen molar-refractivity contribution in [3.05, 3.63) is 41.7 Å². The standard InChI is InChI=1S/C19H22N6OS/c1-13-11-14(2)25-18(20-13)22-19(23-25)27-12-17(26)21-15-5-7-16(8-6-15)24-9-3-4-10-24/h5-8,11H,3-4,9-10,12H2,1-2H3,(H,21,26). The van der Waals surface area contributed by atoms with Gasteiger partial charge in [0, 0.05) is 35.9 Å². The molecule has 1 aromatic carbocycles. The molecule has 0 spiro atoms. The second-order valence-electron chi connectivity index (χ2n) is 6.72. The van der Waals surface area contributed by atoms with Crippen molar-refractivity contribution in [1.29, 1.82) is 0 Å². The van der Waals surface area contributed by atoms with E-state index in [0.29, 0.717) is 10.9 Å². The summed E-state index contributed by atoms with van der Waals surface area (Å²) in [5.41, 5.74) is 3.89. The van der Waals surface area contributed by atoms with Crippen LogP contribution in [0.15, 0.2) is 35.5 Å². The van der Waals surface area contributed by atoms with Crippen LogP contribution >= 0.6 is 11.8 Å². The molecule has 2 aromatic heterocycles. The van der Waals surface area contributed by atoms with Crippen LogP contribution < -0.4 is 10.2 Å². The van der Waals surface area contributed by atoms with E-state index in [9.17, 15) is 4.79 Å². The third kappa shape index (κ3) is 4.05. The molecule has 1 aliphatic heterocycles. The van der Waals surface area contributed by atoms with E-state index < -0.39 is 0 Å². The summed E-state index contributed by atoms with van der Waals surface area (Å²) in [6.45, 7) is 6.12. The van der Waals surface area contributed by atoms with Crippen molar-refractivity contribution in [2.45, 2.75) is 31.8 Å². The van der Waals surface area contributed by atoms with Gasteiger partial charge in [-0.05, 0) is 57.0 Å². The number of fused-ring (bicyclic) bond motifs is 1. The van der Waals surface area contributed by atoms with Crippen LogP contribution in [-0.4, -0.2) is 44.3 Å². The predicted octanol–water partition coefficient (Wildman–Crippen LogP) is 3.07. The van der Waals surface area contributed by atoms with Gasteiger partial charge in [-0.15, -0.1) is 5.10 Å². The van der Waals surface area contributed by atoms with Crippen LogP contribution in [0.5, 0.6) is 0 Å². The maximum atomic E-state index is 12.2. The number of aromatic nitrogens is 4. The van der Waals surface area contributed by atoms with Gasteiger partial charge in [-0.25, -0.2) is 9.50 Å². The summed E-state index contributed by atoms with van der Waals surface area (Å²) < 4.78 is 1.70. The number of benzene rings is 1. The van der Waals surface area contributed by atoms with Gasteiger partial charge >= 0.3 is 0 Å². The van der Waals surface area contributed by atoms with Crippen LogP contribution in [0.25, 0.3) is 5.78 Å². The summed E-state index contributed by atoms with van der Waals surface area (Å²) >= 11 is 1.31. The molecule has 8 heteroatoms. The molecule has 4 rings (SSSR count). The highest BCUT2D eigenvalue weighted by Crippen LogP contribution is 2.22. The Balaban J connectivity index is 1.35. The fourth-order valence-corrected chi connectivity index (χ4v) is 3.89. The second kappa shape index (κ2) is 7.56. The summed E-state index contributed by atoms with van der Waals surface area (Å²) in [7, 11) is 0. The maximum absolute atomic E-state index is 12.2. The number of hydrogen-bond donors (Lipinski definition) is 1. The van der Waals surface area contributed by atoms with E-state index in [1.54, 1.807) is 4.52 Å². The number of carbonyl (C=O) groups excluding carboxylic acids is 1. The van der Waals surface area contributed by atoms with Crippen molar-refractivity contribution < 1.29 is 4.79 Å². The number of rotatable bonds is 5. The molecule has 1 amide bonds. The Morgan fingerprint density at radius 2 is 1.89 bits per heavy atom. The minimum atomic E-state index is -0.0753. The first kappa shape index (κ1) is 17.8. The minimum absolute atomic E-state index is 0.0753. The molecule has 1 aliphatic rings. The van der Waals surface area contributed by atoms with Crippen molar-refractivity contribution in [2.75, 3.05) is 29.1 Å². The first-order valence-electron chi connectivity index (χ1n) is 9.07. The highest BCUT2D eigenvalue weighted by atomic mass is 32.2. The maximum Gasteiger partial charge on any atom is 0.253 e. The Bertz CT molecular complexity index is 962. The van der Waals surface area contributed by atoms with E-state index in [-0.39, 0.29) is 11.7 Å². The van der Waals surface area contributed by atoms with Gasteiger partial charge in [0.05, 0.1) is 5.75 Å². The molecule has 140 valence electrons. The number of hydrogen-bond acceptors (Lipinski definition) is 6. The lowest BCUT2D eigenvalue weighted by atomic mass is 10.2. The molecule has 7 nitrogen and oxygen atoms in total. The summed E-state index contributed by atoms with van der Waals surface area (Å²) in [5.74, 6) is 0.740. The number of aryl methyl sites for hydroxylation is 2. The van der Waals surface area contributed by atoms with E-state index in [4.69, 9.17) is 0 Å². The minimum Gasteiger partial charge on any atom is -0.372 e. The third-order valence-electron chi connectivity index (χ3n) is 4.55. The van der Waals surface area contributed by atoms with Gasteiger partial charge < -0.3 is 10.2 Å². The molecule has 0 saturated carbocycles. The zero-order valence-electron chi connectivity index (χ0n) is 15.5. The van der Waals surface area contributed by atoms with Crippen molar-refractivity contribution in [3.63, 3.8) is 0 Å². The molecular formula is C19H22N6OS. The monoisotopic (exact) mass is 382 g/mol. The predicted molar refractivity (Wildman–Crippen MR) is 107 cm³/mol. The third-order valence-corrected chi connectivity index (χ3v) is 5.39. The average Bonchev–Trinajstić information content (AvgIpc) is 3.30. The number of amides is 1. The lowest BCUT2D eigenvalue weighted by Gasteiger charge is -2.17. The lowest BCUT2D eigenvalue weighted by molar-refractivity contribution is -0.113. The van der Waals surface area contributed by atoms with Crippen molar-refractivity contribution >= 4 is 34.8 Å². The number of thioether (sulfide) groups is 1. The van der Waals surface area contributed by atoms with E-state index in [2.05, 4.69) is 37.4 Å². The van der Waals surface area contributed by atoms with E-state index >= 15 is 0 Å². The van der Waals surface area contributed by atoms with Gasteiger partial charge in [-0.3, -0.25) is 4.79 Å². The molecule has 3 aromatic rings. The Kier molecular flexibility index (Phi) is 4.98. The topological polar surface area (TPSA) is 75.4 Å². The summed E-state index contributed by atoms with van der Waals surface area (Å²) in [6.07, 6.45) is 2.50. The highest BCUT2D eigenvalue weighted by molar-refractivity contribution is 7.99. The summed E-state index contributed by atoms with van der Waals surface area (Å²) in [4.78, 5) is 23.4. The van der Waals surface area contributed by atoms with Gasteiger partial charge in [-0.1, -0.05) is 11.8 Å². The Morgan fingerprint density at radius 1 is 1.15 bits per heavy atom. The van der Waals surface area contributed by atoms with Gasteiger partial charge in [0.2, 0.25) is 11.1 Å². The van der Waals surface area contributed by atoms with Crippen LogP contribution in [0, 0.1) is 13.8 Å². The lowest BCUT2D eigenvalue weighted by Crippen LogP contribution is -2.18. The Labute approximate surface area is 162 Å². The summed E-state index contributed by atoms with van der Waals surface area (Å²) in [5, 5.41) is 7.89. The Morgan fingerprint density at radius 3 is 2.63 bits per heavy atom. The van der Waals surface area contributed by atoms with Gasteiger partial charge in [0.15, 0.2) is 0 Å². The van der Waals surface area contributed by atoms with Crippen LogP contribution in [0.4, 0.5) is 11.4 Å². The number of carbonyl (C=O) groups is 1. The largest absolute Gasteiger partial charge is 0.372 e. The molecule has 1 fully saturated rings. The molecular weight excluding hydrogens is 360 g/mol. The van der Waals surface area contributed by atoms with Gasteiger partial charge in [0.25, 0.3) is 5.78 Å². The van der Waals surface area contributed by atoms with E-state index in [1.165, 1.54) is 30.3 Å². The van der Waals surface area contributed by atoms with E-state index in [1.807, 2.05) is 32.0 Å². The van der Waals surface area contributed by atoms with Crippen molar-refractivity contribution in [2.24, 2.45) is 0 Å². The van der Waals surface area contributed by atoms with Crippen LogP contribution in [0.2, 0.25) is 0 Å². The normalized spacial score (nSPS) is 14.1. The quantitative estimate of drug-likeness (QED) is 0.684. The van der Waals surface area contributed by atoms with E-state index in [0.717, 1.165) is 30.2 Å². The van der Waals surface area contributed by atoms with Gasteiger partial charge in [0.1, 0.15) is 0 Å². The molecule has 3 heterocycles. The average molecular weight is 382 g/mol. The number of nitrogens with zero attached hydrogens (tertiary/aromatic N) is 5. The second-order valence-corrected chi connectivity index (χ2v) is 7.67. The first-order valence-corrected chi connectivity index (χ1v) is 10.1.